The Morgan fingerprint density at radius 3 is 2.47 bits per heavy atom. The molecule has 0 radical (unpaired) electrons. The van der Waals surface area contributed by atoms with Gasteiger partial charge in [0.1, 0.15) is 0 Å². The molecule has 2 rings (SSSR count). The minimum atomic E-state index is 0.461. The van der Waals surface area contributed by atoms with Crippen molar-refractivity contribution < 1.29 is 0 Å². The topological polar surface area (TPSA) is 30.2 Å². The fraction of sp³-hybridized carbons (Fsp3) is 0.500. The van der Waals surface area contributed by atoms with Crippen LogP contribution in [0.5, 0.6) is 0 Å². The van der Waals surface area contributed by atoms with Gasteiger partial charge in [0, 0.05) is 17.5 Å². The van der Waals surface area contributed by atoms with Gasteiger partial charge in [-0.2, -0.15) is 5.10 Å². The molecule has 2 aromatic heterocycles. The zero-order chi connectivity index (χ0) is 11.0. The fourth-order valence-corrected chi connectivity index (χ4v) is 1.66. The fourth-order valence-electron chi connectivity index (χ4n) is 1.66. The maximum atomic E-state index is 4.58. The van der Waals surface area contributed by atoms with E-state index in [1.807, 2.05) is 10.6 Å². The van der Waals surface area contributed by atoms with Crippen molar-refractivity contribution in [3.05, 3.63) is 29.7 Å². The van der Waals surface area contributed by atoms with Crippen LogP contribution in [0.15, 0.2) is 18.3 Å². The van der Waals surface area contributed by atoms with Gasteiger partial charge in [0.05, 0.1) is 6.20 Å². The normalized spacial score (nSPS) is 11.9. The lowest BCUT2D eigenvalue weighted by molar-refractivity contribution is 0.726. The Labute approximate surface area is 90.1 Å². The molecule has 0 unspecified atom stereocenters. The first kappa shape index (κ1) is 10.1. The lowest BCUT2D eigenvalue weighted by Gasteiger charge is -2.12. The summed E-state index contributed by atoms with van der Waals surface area (Å²) in [4.78, 5) is 4.58. The third-order valence-electron chi connectivity index (χ3n) is 2.59. The number of hydrogen-bond donors (Lipinski definition) is 0. The molecule has 0 saturated heterocycles. The standard InChI is InChI=1S/C12H17N3/c1-8(2)10-7-11(9(3)4)15-12(14-10)5-6-13-15/h5-9H,1-4H3. The summed E-state index contributed by atoms with van der Waals surface area (Å²) in [5.41, 5.74) is 3.32. The van der Waals surface area contributed by atoms with Crippen LogP contribution in [-0.2, 0) is 0 Å². The Morgan fingerprint density at radius 1 is 1.13 bits per heavy atom. The van der Waals surface area contributed by atoms with Crippen LogP contribution in [0, 0.1) is 0 Å². The number of nitrogens with zero attached hydrogens (tertiary/aromatic N) is 3. The van der Waals surface area contributed by atoms with Crippen molar-refractivity contribution >= 4 is 5.65 Å². The van der Waals surface area contributed by atoms with Gasteiger partial charge in [-0.15, -0.1) is 0 Å². The van der Waals surface area contributed by atoms with Gasteiger partial charge in [-0.1, -0.05) is 27.7 Å². The molecule has 2 heterocycles. The van der Waals surface area contributed by atoms with Crippen LogP contribution < -0.4 is 0 Å². The number of aromatic nitrogens is 3. The third-order valence-corrected chi connectivity index (χ3v) is 2.59. The molecule has 0 aliphatic rings. The van der Waals surface area contributed by atoms with Crippen molar-refractivity contribution in [3.63, 3.8) is 0 Å². The molecule has 0 N–H and O–H groups in total. The summed E-state index contributed by atoms with van der Waals surface area (Å²) in [6.07, 6.45) is 1.80. The highest BCUT2D eigenvalue weighted by Gasteiger charge is 2.11. The Balaban J connectivity index is 2.69. The predicted molar refractivity (Wildman–Crippen MR) is 61.2 cm³/mol. The molecule has 0 saturated carbocycles. The van der Waals surface area contributed by atoms with Gasteiger partial charge >= 0.3 is 0 Å². The third kappa shape index (κ3) is 1.74. The molecule has 0 aromatic carbocycles. The maximum absolute atomic E-state index is 4.58. The van der Waals surface area contributed by atoms with Gasteiger partial charge in [-0.05, 0) is 17.9 Å². The SMILES string of the molecule is CC(C)c1cc(C(C)C)n2nccc2n1. The van der Waals surface area contributed by atoms with Gasteiger partial charge in [0.2, 0.25) is 0 Å². The maximum Gasteiger partial charge on any atom is 0.155 e. The first-order valence-electron chi connectivity index (χ1n) is 5.44. The zero-order valence-corrected chi connectivity index (χ0v) is 9.73. The summed E-state index contributed by atoms with van der Waals surface area (Å²) < 4.78 is 1.93. The van der Waals surface area contributed by atoms with Gasteiger partial charge in [0.15, 0.2) is 5.65 Å². The van der Waals surface area contributed by atoms with E-state index >= 15 is 0 Å². The first-order chi connectivity index (χ1) is 7.09. The van der Waals surface area contributed by atoms with Gasteiger partial charge in [-0.25, -0.2) is 9.50 Å². The van der Waals surface area contributed by atoms with Crippen molar-refractivity contribution in [3.8, 4) is 0 Å². The second-order valence-electron chi connectivity index (χ2n) is 4.52. The van der Waals surface area contributed by atoms with Crippen molar-refractivity contribution in [1.29, 1.82) is 0 Å². The molecule has 80 valence electrons. The quantitative estimate of drug-likeness (QED) is 0.751. The van der Waals surface area contributed by atoms with Crippen LogP contribution in [-0.4, -0.2) is 14.6 Å². The van der Waals surface area contributed by atoms with Crippen molar-refractivity contribution in [2.75, 3.05) is 0 Å². The van der Waals surface area contributed by atoms with E-state index in [0.29, 0.717) is 11.8 Å². The van der Waals surface area contributed by atoms with Gasteiger partial charge < -0.3 is 0 Å². The minimum absolute atomic E-state index is 0.461. The Kier molecular flexibility index (Phi) is 2.47. The van der Waals surface area contributed by atoms with Crippen LogP contribution in [0.3, 0.4) is 0 Å². The highest BCUT2D eigenvalue weighted by Crippen LogP contribution is 2.20. The highest BCUT2D eigenvalue weighted by molar-refractivity contribution is 5.40. The van der Waals surface area contributed by atoms with E-state index in [1.54, 1.807) is 6.20 Å². The molecule has 2 aromatic rings. The van der Waals surface area contributed by atoms with Gasteiger partial charge in [0.25, 0.3) is 0 Å². The van der Waals surface area contributed by atoms with Crippen molar-refractivity contribution in [2.45, 2.75) is 39.5 Å². The van der Waals surface area contributed by atoms with Crippen LogP contribution in [0.2, 0.25) is 0 Å². The molecule has 0 fully saturated rings. The molecule has 0 amide bonds. The van der Waals surface area contributed by atoms with Gasteiger partial charge in [-0.3, -0.25) is 0 Å². The Hall–Kier alpha value is -1.38. The summed E-state index contributed by atoms with van der Waals surface area (Å²) in [6, 6.07) is 4.12. The summed E-state index contributed by atoms with van der Waals surface area (Å²) in [5.74, 6) is 0.926. The van der Waals surface area contributed by atoms with Crippen LogP contribution in [0.25, 0.3) is 5.65 Å². The first-order valence-corrected chi connectivity index (χ1v) is 5.44. The molecule has 0 spiro atoms. The molecule has 0 aliphatic carbocycles. The van der Waals surface area contributed by atoms with E-state index in [1.165, 1.54) is 5.69 Å². The van der Waals surface area contributed by atoms with Crippen LogP contribution in [0.1, 0.15) is 50.9 Å². The molecule has 0 aliphatic heterocycles. The van der Waals surface area contributed by atoms with E-state index in [2.05, 4.69) is 43.8 Å². The largest absolute Gasteiger partial charge is 0.233 e. The number of rotatable bonds is 2. The zero-order valence-electron chi connectivity index (χ0n) is 9.73. The average Bonchev–Trinajstić information content (AvgIpc) is 2.62. The highest BCUT2D eigenvalue weighted by atomic mass is 15.2. The second kappa shape index (κ2) is 3.65. The van der Waals surface area contributed by atoms with Crippen LogP contribution in [0.4, 0.5) is 0 Å². The summed E-state index contributed by atoms with van der Waals surface area (Å²) in [5, 5.41) is 4.29. The summed E-state index contributed by atoms with van der Waals surface area (Å²) in [6.45, 7) is 8.69. The summed E-state index contributed by atoms with van der Waals surface area (Å²) in [7, 11) is 0. The smallest absolute Gasteiger partial charge is 0.155 e. The van der Waals surface area contributed by atoms with Crippen LogP contribution >= 0.6 is 0 Å². The average molecular weight is 203 g/mol. The Bertz CT molecular complexity index is 469. The molecule has 0 atom stereocenters. The molecular weight excluding hydrogens is 186 g/mol. The van der Waals surface area contributed by atoms with E-state index in [0.717, 1.165) is 11.3 Å². The molecule has 15 heavy (non-hydrogen) atoms. The lowest BCUT2D eigenvalue weighted by atomic mass is 10.1. The monoisotopic (exact) mass is 203 g/mol. The molecule has 3 heteroatoms. The minimum Gasteiger partial charge on any atom is -0.233 e. The predicted octanol–water partition coefficient (Wildman–Crippen LogP) is 2.98. The number of hydrogen-bond acceptors (Lipinski definition) is 2. The Morgan fingerprint density at radius 2 is 1.87 bits per heavy atom. The second-order valence-corrected chi connectivity index (χ2v) is 4.52. The van der Waals surface area contributed by atoms with Crippen molar-refractivity contribution in [2.24, 2.45) is 0 Å². The molecule has 0 bridgehead atoms. The lowest BCUT2D eigenvalue weighted by Crippen LogP contribution is -2.05. The van der Waals surface area contributed by atoms with E-state index in [9.17, 15) is 0 Å². The van der Waals surface area contributed by atoms with E-state index in [-0.39, 0.29) is 0 Å². The summed E-state index contributed by atoms with van der Waals surface area (Å²) >= 11 is 0. The van der Waals surface area contributed by atoms with Crippen molar-refractivity contribution in [1.82, 2.24) is 14.6 Å². The molecular formula is C12H17N3. The van der Waals surface area contributed by atoms with E-state index < -0.39 is 0 Å². The van der Waals surface area contributed by atoms with E-state index in [4.69, 9.17) is 0 Å². The number of fused-ring (bicyclic) bond motifs is 1. The molecule has 3 nitrogen and oxygen atoms in total.